The average molecular weight is 498 g/mol. The largest absolute Gasteiger partial charge is 0.340 e. The van der Waals surface area contributed by atoms with Gasteiger partial charge in [0.05, 0.1) is 11.4 Å². The Morgan fingerprint density at radius 1 is 0.474 bits per heavy atom. The summed E-state index contributed by atoms with van der Waals surface area (Å²) in [5.74, 6) is -0.797. The van der Waals surface area contributed by atoms with Crippen molar-refractivity contribution in [2.24, 2.45) is 0 Å². The van der Waals surface area contributed by atoms with Gasteiger partial charge in [-0.3, -0.25) is 0 Å². The lowest BCUT2D eigenvalue weighted by atomic mass is 9.94. The Morgan fingerprint density at radius 2 is 1.11 bits per heavy atom. The molecule has 0 radical (unpaired) electrons. The zero-order valence-corrected chi connectivity index (χ0v) is 20.9. The van der Waals surface area contributed by atoms with E-state index < -0.39 is 11.6 Å². The van der Waals surface area contributed by atoms with Crippen LogP contribution >= 0.6 is 0 Å². The fourth-order valence-corrected chi connectivity index (χ4v) is 5.02. The lowest BCUT2D eigenvalue weighted by Crippen LogP contribution is -2.13. The zero-order chi connectivity index (χ0) is 26.1. The van der Waals surface area contributed by atoms with Gasteiger partial charge in [-0.1, -0.05) is 109 Å². The first-order valence-electron chi connectivity index (χ1n) is 12.6. The summed E-state index contributed by atoms with van der Waals surface area (Å²) in [5, 5.41) is 2.35. The molecule has 6 aromatic carbocycles. The normalized spacial score (nSPS) is 11.0. The van der Waals surface area contributed by atoms with Crippen molar-refractivity contribution in [2.75, 3.05) is 11.9 Å². The van der Waals surface area contributed by atoms with E-state index in [1.165, 1.54) is 16.8 Å². The molecule has 6 aromatic rings. The van der Waals surface area contributed by atoms with Crippen LogP contribution in [-0.2, 0) is 0 Å². The first-order valence-corrected chi connectivity index (χ1v) is 12.6. The number of para-hydroxylation sites is 1. The molecule has 38 heavy (non-hydrogen) atoms. The number of rotatable bonds is 5. The molecule has 0 atom stereocenters. The highest BCUT2D eigenvalue weighted by molar-refractivity contribution is 5.97. The van der Waals surface area contributed by atoms with E-state index in [0.717, 1.165) is 27.8 Å². The van der Waals surface area contributed by atoms with Crippen molar-refractivity contribution in [3.63, 3.8) is 0 Å². The van der Waals surface area contributed by atoms with Crippen LogP contribution in [0.1, 0.15) is 0 Å². The smallest absolute Gasteiger partial charge is 0.154 e. The number of hydrogen-bond donors (Lipinski definition) is 0. The first kappa shape index (κ1) is 23.6. The highest BCUT2D eigenvalue weighted by Crippen LogP contribution is 2.39. The maximum Gasteiger partial charge on any atom is 0.154 e. The third kappa shape index (κ3) is 4.33. The summed E-state index contributed by atoms with van der Waals surface area (Å²) in [6, 6.07) is 42.5. The highest BCUT2D eigenvalue weighted by atomic mass is 19.1. The number of anilines is 2. The number of hydrogen-bond acceptors (Lipinski definition) is 1. The molecule has 6 rings (SSSR count). The highest BCUT2D eigenvalue weighted by Gasteiger charge is 2.19. The molecular formula is C35H25F2N. The Labute approximate surface area is 221 Å². The molecule has 0 spiro atoms. The molecule has 0 bridgehead atoms. The van der Waals surface area contributed by atoms with E-state index in [2.05, 4.69) is 30.3 Å². The molecule has 0 unspecified atom stereocenters. The summed E-state index contributed by atoms with van der Waals surface area (Å²) < 4.78 is 30.8. The van der Waals surface area contributed by atoms with Gasteiger partial charge in [0.15, 0.2) is 5.82 Å². The molecular weight excluding hydrogens is 472 g/mol. The van der Waals surface area contributed by atoms with Crippen molar-refractivity contribution in [2.45, 2.75) is 0 Å². The third-order valence-electron chi connectivity index (χ3n) is 7.03. The van der Waals surface area contributed by atoms with Gasteiger partial charge in [0.1, 0.15) is 5.82 Å². The molecule has 1 nitrogen and oxygen atoms in total. The lowest BCUT2D eigenvalue weighted by Gasteiger charge is -2.23. The van der Waals surface area contributed by atoms with Crippen LogP contribution in [0.4, 0.5) is 20.2 Å². The van der Waals surface area contributed by atoms with E-state index >= 15 is 4.39 Å². The Bertz CT molecular complexity index is 1740. The number of halogens is 2. The summed E-state index contributed by atoms with van der Waals surface area (Å²) in [4.78, 5) is 1.57. The molecule has 0 aromatic heterocycles. The second kappa shape index (κ2) is 9.95. The molecule has 0 amide bonds. The fraction of sp³-hybridized carbons (Fsp3) is 0.0286. The summed E-state index contributed by atoms with van der Waals surface area (Å²) in [7, 11) is 1.69. The van der Waals surface area contributed by atoms with Gasteiger partial charge >= 0.3 is 0 Å². The predicted octanol–water partition coefficient (Wildman–Crippen LogP) is 9.89. The topological polar surface area (TPSA) is 3.24 Å². The summed E-state index contributed by atoms with van der Waals surface area (Å²) in [6.45, 7) is 0. The van der Waals surface area contributed by atoms with Gasteiger partial charge in [-0.2, -0.15) is 0 Å². The molecule has 0 fully saturated rings. The third-order valence-corrected chi connectivity index (χ3v) is 7.03. The monoisotopic (exact) mass is 497 g/mol. The molecule has 0 saturated heterocycles. The zero-order valence-electron chi connectivity index (χ0n) is 20.9. The van der Waals surface area contributed by atoms with Gasteiger partial charge in [-0.15, -0.1) is 0 Å². The van der Waals surface area contributed by atoms with E-state index in [4.69, 9.17) is 0 Å². The quantitative estimate of drug-likeness (QED) is 0.229. The number of nitrogens with zero attached hydrogens (tertiary/aromatic N) is 1. The van der Waals surface area contributed by atoms with E-state index in [0.29, 0.717) is 16.9 Å². The standard InChI is InChI=1S/C35H25F2N/c1-38(33-17-8-7-16-32(33)36)34-23-28(24-10-3-2-4-11-24)22-31(35(34)37)27-20-18-26(19-21-27)30-15-9-13-25-12-5-6-14-29(25)30/h2-23H,1H3. The van der Waals surface area contributed by atoms with Crippen LogP contribution in [0.15, 0.2) is 133 Å². The van der Waals surface area contributed by atoms with Gasteiger partial charge in [0, 0.05) is 12.6 Å². The van der Waals surface area contributed by atoms with Crippen LogP contribution in [0, 0.1) is 11.6 Å². The second-order valence-electron chi connectivity index (χ2n) is 9.34. The Kier molecular flexibility index (Phi) is 6.19. The van der Waals surface area contributed by atoms with Crippen LogP contribution < -0.4 is 4.90 Å². The molecule has 0 aliphatic heterocycles. The van der Waals surface area contributed by atoms with Gasteiger partial charge in [0.2, 0.25) is 0 Å². The van der Waals surface area contributed by atoms with Gasteiger partial charge < -0.3 is 4.90 Å². The van der Waals surface area contributed by atoms with Crippen molar-refractivity contribution in [1.29, 1.82) is 0 Å². The van der Waals surface area contributed by atoms with E-state index in [1.807, 2.05) is 72.8 Å². The minimum absolute atomic E-state index is 0.310. The molecule has 0 saturated carbocycles. The van der Waals surface area contributed by atoms with E-state index in [9.17, 15) is 4.39 Å². The SMILES string of the molecule is CN(c1ccccc1F)c1cc(-c2ccccc2)cc(-c2ccc(-c3cccc4ccccc34)cc2)c1F. The van der Waals surface area contributed by atoms with Crippen molar-refractivity contribution >= 4 is 22.1 Å². The lowest BCUT2D eigenvalue weighted by molar-refractivity contribution is 0.619. The van der Waals surface area contributed by atoms with Gasteiger partial charge in [0.25, 0.3) is 0 Å². The summed E-state index contributed by atoms with van der Waals surface area (Å²) >= 11 is 0. The van der Waals surface area contributed by atoms with Crippen molar-refractivity contribution < 1.29 is 8.78 Å². The Hall–Kier alpha value is -4.76. The summed E-state index contributed by atoms with van der Waals surface area (Å²) in [5.41, 5.74) is 5.87. The van der Waals surface area contributed by atoms with Gasteiger partial charge in [-0.25, -0.2) is 8.78 Å². The van der Waals surface area contributed by atoms with Crippen LogP contribution in [0.5, 0.6) is 0 Å². The first-order chi connectivity index (χ1) is 18.6. The average Bonchev–Trinajstić information content (AvgIpc) is 2.97. The number of benzene rings is 6. The van der Waals surface area contributed by atoms with E-state index in [-0.39, 0.29) is 0 Å². The fourth-order valence-electron chi connectivity index (χ4n) is 5.02. The van der Waals surface area contributed by atoms with Crippen LogP contribution in [0.3, 0.4) is 0 Å². The Morgan fingerprint density at radius 3 is 1.87 bits per heavy atom. The van der Waals surface area contributed by atoms with Crippen LogP contribution in [-0.4, -0.2) is 7.05 Å². The molecule has 0 aliphatic carbocycles. The Balaban J connectivity index is 1.48. The summed E-state index contributed by atoms with van der Waals surface area (Å²) in [6.07, 6.45) is 0. The molecule has 0 N–H and O–H groups in total. The van der Waals surface area contributed by atoms with E-state index in [1.54, 1.807) is 36.2 Å². The van der Waals surface area contributed by atoms with Gasteiger partial charge in [-0.05, 0) is 62.9 Å². The number of fused-ring (bicyclic) bond motifs is 1. The van der Waals surface area contributed by atoms with Crippen molar-refractivity contribution in [3.05, 3.63) is 145 Å². The molecule has 3 heteroatoms. The van der Waals surface area contributed by atoms with Crippen LogP contribution in [0.2, 0.25) is 0 Å². The minimum atomic E-state index is -0.402. The van der Waals surface area contributed by atoms with Crippen molar-refractivity contribution in [3.8, 4) is 33.4 Å². The minimum Gasteiger partial charge on any atom is -0.340 e. The maximum absolute atomic E-state index is 16.2. The van der Waals surface area contributed by atoms with Crippen molar-refractivity contribution in [1.82, 2.24) is 0 Å². The molecule has 0 heterocycles. The molecule has 184 valence electrons. The van der Waals surface area contributed by atoms with Crippen LogP contribution in [0.25, 0.3) is 44.2 Å². The predicted molar refractivity (Wildman–Crippen MR) is 155 cm³/mol. The maximum atomic E-state index is 16.2. The second-order valence-corrected chi connectivity index (χ2v) is 9.34. The molecule has 0 aliphatic rings.